The number of hydrogen-bond donors (Lipinski definition) is 1. The summed E-state index contributed by atoms with van der Waals surface area (Å²) >= 11 is 2.96. The molecular formula is C21H24FN5OS2. The van der Waals surface area contributed by atoms with Crippen molar-refractivity contribution < 1.29 is 9.18 Å². The molecule has 0 bridgehead atoms. The summed E-state index contributed by atoms with van der Waals surface area (Å²) in [5.74, 6) is 0.713. The van der Waals surface area contributed by atoms with Crippen LogP contribution in [0.3, 0.4) is 0 Å². The van der Waals surface area contributed by atoms with Crippen LogP contribution in [0.15, 0.2) is 46.9 Å². The molecule has 0 saturated carbocycles. The molecule has 30 heavy (non-hydrogen) atoms. The quantitative estimate of drug-likeness (QED) is 0.534. The molecule has 2 aromatic heterocycles. The van der Waals surface area contributed by atoms with Crippen LogP contribution in [0.5, 0.6) is 0 Å². The first-order valence-corrected chi connectivity index (χ1v) is 11.9. The molecule has 0 aliphatic carbocycles. The molecule has 9 heteroatoms. The van der Waals surface area contributed by atoms with Gasteiger partial charge in [0, 0.05) is 10.6 Å². The number of amides is 1. The van der Waals surface area contributed by atoms with Gasteiger partial charge in [-0.2, -0.15) is 0 Å². The third-order valence-corrected chi connectivity index (χ3v) is 6.78. The van der Waals surface area contributed by atoms with Gasteiger partial charge in [-0.25, -0.2) is 4.39 Å². The number of rotatable bonds is 8. The monoisotopic (exact) mass is 445 g/mol. The van der Waals surface area contributed by atoms with E-state index in [0.29, 0.717) is 18.2 Å². The molecule has 0 atom stereocenters. The van der Waals surface area contributed by atoms with E-state index in [-0.39, 0.29) is 17.5 Å². The van der Waals surface area contributed by atoms with E-state index in [1.54, 1.807) is 23.5 Å². The van der Waals surface area contributed by atoms with Crippen LogP contribution >= 0.6 is 23.1 Å². The van der Waals surface area contributed by atoms with E-state index in [4.69, 9.17) is 0 Å². The first kappa shape index (κ1) is 21.0. The number of carbonyl (C=O) groups excluding carboxylic acids is 1. The molecule has 3 heterocycles. The molecule has 1 saturated heterocycles. The summed E-state index contributed by atoms with van der Waals surface area (Å²) < 4.78 is 15.4. The third-order valence-electron chi connectivity index (χ3n) is 4.97. The van der Waals surface area contributed by atoms with Gasteiger partial charge in [0.15, 0.2) is 11.0 Å². The van der Waals surface area contributed by atoms with Crippen LogP contribution in [0.25, 0.3) is 5.69 Å². The molecule has 1 aromatic carbocycles. The molecule has 3 aromatic rings. The van der Waals surface area contributed by atoms with Gasteiger partial charge in [-0.05, 0) is 61.6 Å². The number of thioether (sulfide) groups is 1. The minimum Gasteiger partial charge on any atom is -0.350 e. The Bertz CT molecular complexity index is 952. The van der Waals surface area contributed by atoms with Crippen LogP contribution in [-0.2, 0) is 17.9 Å². The van der Waals surface area contributed by atoms with Crippen molar-refractivity contribution in [1.29, 1.82) is 0 Å². The molecule has 0 radical (unpaired) electrons. The lowest BCUT2D eigenvalue weighted by Crippen LogP contribution is -2.30. The van der Waals surface area contributed by atoms with E-state index in [0.717, 1.165) is 29.5 Å². The fraction of sp³-hybridized carbons (Fsp3) is 0.381. The van der Waals surface area contributed by atoms with Gasteiger partial charge in [-0.15, -0.1) is 21.5 Å². The Morgan fingerprint density at radius 3 is 2.67 bits per heavy atom. The van der Waals surface area contributed by atoms with Crippen molar-refractivity contribution in [3.8, 4) is 5.69 Å². The standard InChI is InChI=1S/C21H24FN5OS2/c22-16-6-8-17(9-7-16)27-19(14-26-10-2-1-3-11-26)24-25-21(27)30-15-20(28)23-13-18-5-4-12-29-18/h4-9,12H,1-3,10-11,13-15H2,(H,23,28). The van der Waals surface area contributed by atoms with Gasteiger partial charge < -0.3 is 5.32 Å². The fourth-order valence-electron chi connectivity index (χ4n) is 3.44. The second-order valence-electron chi connectivity index (χ2n) is 7.19. The number of carbonyl (C=O) groups is 1. The Morgan fingerprint density at radius 1 is 1.13 bits per heavy atom. The Hall–Kier alpha value is -2.23. The summed E-state index contributed by atoms with van der Waals surface area (Å²) in [6, 6.07) is 10.3. The molecule has 6 nitrogen and oxygen atoms in total. The highest BCUT2D eigenvalue weighted by atomic mass is 32.2. The largest absolute Gasteiger partial charge is 0.350 e. The van der Waals surface area contributed by atoms with Gasteiger partial charge in [0.2, 0.25) is 5.91 Å². The normalized spacial score (nSPS) is 14.7. The van der Waals surface area contributed by atoms with Gasteiger partial charge >= 0.3 is 0 Å². The minimum absolute atomic E-state index is 0.0559. The van der Waals surface area contributed by atoms with Crippen LogP contribution in [0, 0.1) is 5.82 Å². The predicted molar refractivity (Wildman–Crippen MR) is 117 cm³/mol. The van der Waals surface area contributed by atoms with E-state index in [9.17, 15) is 9.18 Å². The van der Waals surface area contributed by atoms with Gasteiger partial charge in [-0.3, -0.25) is 14.3 Å². The number of halogens is 1. The second kappa shape index (κ2) is 10.2. The topological polar surface area (TPSA) is 63.1 Å². The third kappa shape index (κ3) is 5.47. The van der Waals surface area contributed by atoms with Crippen molar-refractivity contribution in [3.63, 3.8) is 0 Å². The lowest BCUT2D eigenvalue weighted by molar-refractivity contribution is -0.118. The maximum Gasteiger partial charge on any atom is 0.230 e. The van der Waals surface area contributed by atoms with E-state index in [1.807, 2.05) is 22.1 Å². The first-order valence-electron chi connectivity index (χ1n) is 10.0. The summed E-state index contributed by atoms with van der Waals surface area (Å²) in [5.41, 5.74) is 0.801. The van der Waals surface area contributed by atoms with Gasteiger partial charge in [0.1, 0.15) is 5.82 Å². The maximum atomic E-state index is 13.5. The summed E-state index contributed by atoms with van der Waals surface area (Å²) in [6.45, 7) is 3.31. The summed E-state index contributed by atoms with van der Waals surface area (Å²) in [6.07, 6.45) is 3.65. The molecule has 0 spiro atoms. The summed E-state index contributed by atoms with van der Waals surface area (Å²) in [7, 11) is 0. The zero-order chi connectivity index (χ0) is 20.8. The van der Waals surface area contributed by atoms with Crippen molar-refractivity contribution in [3.05, 3.63) is 58.3 Å². The zero-order valence-corrected chi connectivity index (χ0v) is 18.2. The fourth-order valence-corrected chi connectivity index (χ4v) is 4.89. The van der Waals surface area contributed by atoms with Crippen LogP contribution in [0.2, 0.25) is 0 Å². The predicted octanol–water partition coefficient (Wildman–Crippen LogP) is 3.86. The average molecular weight is 446 g/mol. The van der Waals surface area contributed by atoms with Crippen LogP contribution in [-0.4, -0.2) is 44.4 Å². The Kier molecular flexibility index (Phi) is 7.14. The maximum absolute atomic E-state index is 13.5. The Balaban J connectivity index is 1.47. The highest BCUT2D eigenvalue weighted by Gasteiger charge is 2.19. The number of piperidine rings is 1. The van der Waals surface area contributed by atoms with Crippen molar-refractivity contribution >= 4 is 29.0 Å². The number of hydrogen-bond acceptors (Lipinski definition) is 6. The van der Waals surface area contributed by atoms with E-state index in [2.05, 4.69) is 20.4 Å². The number of benzene rings is 1. The van der Waals surface area contributed by atoms with Crippen molar-refractivity contribution in [2.45, 2.75) is 37.5 Å². The molecular weight excluding hydrogens is 421 g/mol. The molecule has 4 rings (SSSR count). The summed E-state index contributed by atoms with van der Waals surface area (Å²) in [5, 5.41) is 14.3. The van der Waals surface area contributed by atoms with Crippen LogP contribution < -0.4 is 5.32 Å². The van der Waals surface area contributed by atoms with E-state index >= 15 is 0 Å². The highest BCUT2D eigenvalue weighted by molar-refractivity contribution is 7.99. The Morgan fingerprint density at radius 2 is 1.93 bits per heavy atom. The molecule has 1 fully saturated rings. The molecule has 1 N–H and O–H groups in total. The zero-order valence-electron chi connectivity index (χ0n) is 16.6. The van der Waals surface area contributed by atoms with Crippen molar-refractivity contribution in [2.75, 3.05) is 18.8 Å². The van der Waals surface area contributed by atoms with Crippen LogP contribution in [0.1, 0.15) is 30.0 Å². The number of nitrogens with zero attached hydrogens (tertiary/aromatic N) is 4. The number of thiophene rings is 1. The first-order chi connectivity index (χ1) is 14.7. The molecule has 1 aliphatic heterocycles. The van der Waals surface area contributed by atoms with Crippen LogP contribution in [0.4, 0.5) is 4.39 Å². The number of likely N-dealkylation sites (tertiary alicyclic amines) is 1. The van der Waals surface area contributed by atoms with Crippen molar-refractivity contribution in [1.82, 2.24) is 25.0 Å². The molecule has 1 amide bonds. The molecule has 1 aliphatic rings. The molecule has 158 valence electrons. The van der Waals surface area contributed by atoms with Gasteiger partial charge in [0.25, 0.3) is 0 Å². The van der Waals surface area contributed by atoms with Gasteiger partial charge in [-0.1, -0.05) is 24.2 Å². The van der Waals surface area contributed by atoms with Gasteiger partial charge in [0.05, 0.1) is 18.8 Å². The number of aromatic nitrogens is 3. The van der Waals surface area contributed by atoms with Crippen molar-refractivity contribution in [2.24, 2.45) is 0 Å². The molecule has 0 unspecified atom stereocenters. The smallest absolute Gasteiger partial charge is 0.230 e. The summed E-state index contributed by atoms with van der Waals surface area (Å²) in [4.78, 5) is 15.8. The number of nitrogens with one attached hydrogen (secondary N) is 1. The minimum atomic E-state index is -0.286. The highest BCUT2D eigenvalue weighted by Crippen LogP contribution is 2.24. The SMILES string of the molecule is O=C(CSc1nnc(CN2CCCCC2)n1-c1ccc(F)cc1)NCc1cccs1. The van der Waals surface area contributed by atoms with E-state index < -0.39 is 0 Å². The van der Waals surface area contributed by atoms with E-state index in [1.165, 1.54) is 43.2 Å². The second-order valence-corrected chi connectivity index (χ2v) is 9.17. The average Bonchev–Trinajstić information content (AvgIpc) is 3.42. The Labute approximate surface area is 183 Å². The lowest BCUT2D eigenvalue weighted by atomic mass is 10.1. The lowest BCUT2D eigenvalue weighted by Gasteiger charge is -2.26.